The molecule has 1 saturated heterocycles. The second-order valence-corrected chi connectivity index (χ2v) is 6.06. The van der Waals surface area contributed by atoms with Crippen molar-refractivity contribution >= 4 is 5.91 Å². The lowest BCUT2D eigenvalue weighted by atomic mass is 10.1. The van der Waals surface area contributed by atoms with Gasteiger partial charge >= 0.3 is 0 Å². The van der Waals surface area contributed by atoms with Crippen molar-refractivity contribution < 1.29 is 9.32 Å². The van der Waals surface area contributed by atoms with Gasteiger partial charge in [0.1, 0.15) is 11.5 Å². The topological polar surface area (TPSA) is 64.2 Å². The molecule has 3 heterocycles. The molecule has 22 heavy (non-hydrogen) atoms. The Morgan fingerprint density at radius 3 is 2.77 bits per heavy atom. The zero-order valence-electron chi connectivity index (χ0n) is 13.6. The van der Waals surface area contributed by atoms with Crippen LogP contribution in [0.3, 0.4) is 0 Å². The first-order valence-electron chi connectivity index (χ1n) is 7.69. The summed E-state index contributed by atoms with van der Waals surface area (Å²) in [5.41, 5.74) is 3.89. The quantitative estimate of drug-likeness (QED) is 0.872. The van der Waals surface area contributed by atoms with Crippen molar-refractivity contribution in [3.05, 3.63) is 34.5 Å². The fourth-order valence-electron chi connectivity index (χ4n) is 3.24. The zero-order valence-corrected chi connectivity index (χ0v) is 13.6. The Kier molecular flexibility index (Phi) is 3.76. The van der Waals surface area contributed by atoms with Gasteiger partial charge in [-0.2, -0.15) is 5.10 Å². The first kappa shape index (κ1) is 14.8. The summed E-state index contributed by atoms with van der Waals surface area (Å²) < 4.78 is 7.00. The SMILES string of the molecule is Cc1cc([C@@H]2CCCN2C(=O)Cc2c(C)nn(C)c2C)no1. The van der Waals surface area contributed by atoms with Crippen LogP contribution in [0.2, 0.25) is 0 Å². The molecule has 1 aliphatic rings. The maximum Gasteiger partial charge on any atom is 0.227 e. The van der Waals surface area contributed by atoms with Gasteiger partial charge in [-0.05, 0) is 33.6 Å². The van der Waals surface area contributed by atoms with Crippen LogP contribution in [-0.2, 0) is 18.3 Å². The highest BCUT2D eigenvalue weighted by molar-refractivity contribution is 5.80. The minimum absolute atomic E-state index is 0.0437. The molecule has 0 bridgehead atoms. The van der Waals surface area contributed by atoms with Gasteiger partial charge in [-0.25, -0.2) is 0 Å². The van der Waals surface area contributed by atoms with E-state index in [0.717, 1.165) is 47.8 Å². The maximum atomic E-state index is 12.7. The zero-order chi connectivity index (χ0) is 15.9. The monoisotopic (exact) mass is 302 g/mol. The molecule has 0 aliphatic carbocycles. The number of hydrogen-bond acceptors (Lipinski definition) is 4. The van der Waals surface area contributed by atoms with E-state index < -0.39 is 0 Å². The highest BCUT2D eigenvalue weighted by atomic mass is 16.5. The standard InChI is InChI=1S/C16H22N4O2/c1-10-8-14(18-22-10)15-6-5-7-20(15)16(21)9-13-11(2)17-19(4)12(13)3/h8,15H,5-7,9H2,1-4H3/t15-/m0/s1. The molecule has 0 saturated carbocycles. The van der Waals surface area contributed by atoms with E-state index in [1.54, 1.807) is 0 Å². The number of amides is 1. The third kappa shape index (κ3) is 2.53. The third-order valence-corrected chi connectivity index (χ3v) is 4.55. The molecule has 1 amide bonds. The number of nitrogens with zero attached hydrogens (tertiary/aromatic N) is 4. The largest absolute Gasteiger partial charge is 0.361 e. The number of likely N-dealkylation sites (tertiary alicyclic amines) is 1. The molecule has 3 rings (SSSR count). The molecule has 1 aliphatic heterocycles. The van der Waals surface area contributed by atoms with E-state index in [2.05, 4.69) is 10.3 Å². The summed E-state index contributed by atoms with van der Waals surface area (Å²) in [6.07, 6.45) is 2.36. The Morgan fingerprint density at radius 1 is 1.41 bits per heavy atom. The van der Waals surface area contributed by atoms with Crippen LogP contribution in [0.15, 0.2) is 10.6 Å². The molecule has 1 atom stereocenters. The van der Waals surface area contributed by atoms with Gasteiger partial charge in [0.25, 0.3) is 0 Å². The lowest BCUT2D eigenvalue weighted by Crippen LogP contribution is -2.32. The van der Waals surface area contributed by atoms with Crippen LogP contribution in [0.25, 0.3) is 0 Å². The predicted octanol–water partition coefficient (Wildman–Crippen LogP) is 2.24. The van der Waals surface area contributed by atoms with Crippen LogP contribution < -0.4 is 0 Å². The van der Waals surface area contributed by atoms with Crippen molar-refractivity contribution in [3.8, 4) is 0 Å². The Bertz CT molecular complexity index is 701. The fraction of sp³-hybridized carbons (Fsp3) is 0.562. The average Bonchev–Trinajstić information content (AvgIpc) is 3.15. The van der Waals surface area contributed by atoms with Crippen LogP contribution in [-0.4, -0.2) is 32.3 Å². The van der Waals surface area contributed by atoms with Gasteiger partial charge in [0.05, 0.1) is 18.2 Å². The van der Waals surface area contributed by atoms with Crippen LogP contribution in [0, 0.1) is 20.8 Å². The summed E-state index contributed by atoms with van der Waals surface area (Å²) in [6.45, 7) is 6.62. The Hall–Kier alpha value is -2.11. The minimum atomic E-state index is 0.0437. The third-order valence-electron chi connectivity index (χ3n) is 4.55. The number of carbonyl (C=O) groups excluding carboxylic acids is 1. The van der Waals surface area contributed by atoms with Gasteiger partial charge in [0.2, 0.25) is 5.91 Å². The smallest absolute Gasteiger partial charge is 0.227 e. The van der Waals surface area contributed by atoms with E-state index in [9.17, 15) is 4.79 Å². The van der Waals surface area contributed by atoms with Gasteiger partial charge in [0.15, 0.2) is 0 Å². The predicted molar refractivity (Wildman–Crippen MR) is 81.3 cm³/mol. The Morgan fingerprint density at radius 2 is 2.18 bits per heavy atom. The first-order valence-corrected chi connectivity index (χ1v) is 7.69. The number of carbonyl (C=O) groups is 1. The number of aryl methyl sites for hydroxylation is 3. The van der Waals surface area contributed by atoms with Crippen molar-refractivity contribution in [3.63, 3.8) is 0 Å². The highest BCUT2D eigenvalue weighted by Gasteiger charge is 2.32. The van der Waals surface area contributed by atoms with Gasteiger partial charge in [0, 0.05) is 30.9 Å². The minimum Gasteiger partial charge on any atom is -0.361 e. The van der Waals surface area contributed by atoms with Crippen LogP contribution in [0.5, 0.6) is 0 Å². The lowest BCUT2D eigenvalue weighted by molar-refractivity contribution is -0.131. The van der Waals surface area contributed by atoms with Crippen molar-refractivity contribution in [2.75, 3.05) is 6.54 Å². The Balaban J connectivity index is 1.79. The molecule has 6 heteroatoms. The van der Waals surface area contributed by atoms with Crippen LogP contribution in [0.4, 0.5) is 0 Å². The molecule has 0 unspecified atom stereocenters. The van der Waals surface area contributed by atoms with E-state index >= 15 is 0 Å². The number of aromatic nitrogens is 3. The van der Waals surface area contributed by atoms with Gasteiger partial charge in [-0.1, -0.05) is 5.16 Å². The van der Waals surface area contributed by atoms with Crippen molar-refractivity contribution in [1.82, 2.24) is 19.8 Å². The summed E-state index contributed by atoms with van der Waals surface area (Å²) in [5, 5.41) is 8.48. The lowest BCUT2D eigenvalue weighted by Gasteiger charge is -2.23. The summed E-state index contributed by atoms with van der Waals surface area (Å²) in [7, 11) is 1.91. The molecule has 0 N–H and O–H groups in total. The maximum absolute atomic E-state index is 12.7. The summed E-state index contributed by atoms with van der Waals surface area (Å²) in [6, 6.07) is 1.97. The van der Waals surface area contributed by atoms with Gasteiger partial charge in [-0.3, -0.25) is 9.48 Å². The molecular weight excluding hydrogens is 280 g/mol. The van der Waals surface area contributed by atoms with E-state index in [4.69, 9.17) is 4.52 Å². The normalized spacial score (nSPS) is 18.2. The molecule has 118 valence electrons. The molecule has 6 nitrogen and oxygen atoms in total. The second-order valence-electron chi connectivity index (χ2n) is 6.06. The first-order chi connectivity index (χ1) is 10.5. The van der Waals surface area contributed by atoms with E-state index in [0.29, 0.717) is 6.42 Å². The highest BCUT2D eigenvalue weighted by Crippen LogP contribution is 2.32. The average molecular weight is 302 g/mol. The summed E-state index contributed by atoms with van der Waals surface area (Å²) >= 11 is 0. The van der Waals surface area contributed by atoms with Crippen molar-refractivity contribution in [1.29, 1.82) is 0 Å². The molecule has 2 aromatic heterocycles. The van der Waals surface area contributed by atoms with E-state index in [1.165, 1.54) is 0 Å². The molecule has 2 aromatic rings. The van der Waals surface area contributed by atoms with Gasteiger partial charge in [-0.15, -0.1) is 0 Å². The number of rotatable bonds is 3. The summed E-state index contributed by atoms with van der Waals surface area (Å²) in [5.74, 6) is 0.926. The van der Waals surface area contributed by atoms with E-state index in [1.807, 2.05) is 43.5 Å². The Labute approximate surface area is 130 Å². The molecular formula is C16H22N4O2. The van der Waals surface area contributed by atoms with Crippen LogP contribution >= 0.6 is 0 Å². The molecule has 1 fully saturated rings. The number of hydrogen-bond donors (Lipinski definition) is 0. The molecule has 0 aromatic carbocycles. The molecule has 0 spiro atoms. The van der Waals surface area contributed by atoms with Gasteiger partial charge < -0.3 is 9.42 Å². The second kappa shape index (κ2) is 5.59. The molecule has 0 radical (unpaired) electrons. The van der Waals surface area contributed by atoms with Crippen molar-refractivity contribution in [2.24, 2.45) is 7.05 Å². The summed E-state index contributed by atoms with van der Waals surface area (Å²) in [4.78, 5) is 14.7. The van der Waals surface area contributed by atoms with E-state index in [-0.39, 0.29) is 11.9 Å². The fourth-order valence-corrected chi connectivity index (χ4v) is 3.24. The van der Waals surface area contributed by atoms with Crippen LogP contribution in [0.1, 0.15) is 47.3 Å². The van der Waals surface area contributed by atoms with Crippen molar-refractivity contribution in [2.45, 2.75) is 46.1 Å².